The number of fused-ring (bicyclic) bond motifs is 2. The van der Waals surface area contributed by atoms with Gasteiger partial charge in [-0.1, -0.05) is 6.08 Å². The largest absolute Gasteiger partial charge is 0.453 e. The number of rotatable bonds is 4. The van der Waals surface area contributed by atoms with Crippen molar-refractivity contribution in [2.24, 2.45) is 0 Å². The number of piperidine rings is 1. The summed E-state index contributed by atoms with van der Waals surface area (Å²) in [5.41, 5.74) is 17.2. The third-order valence-electron chi connectivity index (χ3n) is 7.14. The average Bonchev–Trinajstić information content (AvgIpc) is 3.65. The van der Waals surface area contributed by atoms with E-state index in [9.17, 15) is 9.59 Å². The molecule has 2 amide bonds. The molecule has 1 atom stereocenters. The van der Waals surface area contributed by atoms with Crippen molar-refractivity contribution >= 4 is 51.2 Å². The van der Waals surface area contributed by atoms with E-state index in [2.05, 4.69) is 30.5 Å². The molecular formula is C25H28N10O3. The van der Waals surface area contributed by atoms with Gasteiger partial charge in [0.2, 0.25) is 0 Å². The number of amides is 2. The van der Waals surface area contributed by atoms with Crippen LogP contribution in [-0.4, -0.2) is 81.0 Å². The Kier molecular flexibility index (Phi) is 5.74. The molecule has 0 unspecified atom stereocenters. The molecule has 1 aromatic carbocycles. The van der Waals surface area contributed by atoms with Crippen LogP contribution in [0.15, 0.2) is 36.7 Å². The molecule has 4 aromatic rings. The highest BCUT2D eigenvalue weighted by molar-refractivity contribution is 6.05. The van der Waals surface area contributed by atoms with E-state index in [0.717, 1.165) is 41.9 Å². The summed E-state index contributed by atoms with van der Waals surface area (Å²) in [5.74, 6) is 0.106. The second-order valence-electron chi connectivity index (χ2n) is 9.54. The van der Waals surface area contributed by atoms with Crippen molar-refractivity contribution in [3.05, 3.63) is 48.1 Å². The highest BCUT2D eigenvalue weighted by Crippen LogP contribution is 2.35. The van der Waals surface area contributed by atoms with Gasteiger partial charge in [0.25, 0.3) is 5.91 Å². The van der Waals surface area contributed by atoms with E-state index >= 15 is 0 Å². The molecule has 5 heterocycles. The molecule has 13 nitrogen and oxygen atoms in total. The van der Waals surface area contributed by atoms with Gasteiger partial charge in [-0.25, -0.2) is 14.3 Å². The van der Waals surface area contributed by atoms with Gasteiger partial charge in [-0.05, 0) is 42.7 Å². The zero-order valence-corrected chi connectivity index (χ0v) is 20.8. The van der Waals surface area contributed by atoms with Crippen LogP contribution in [0, 0.1) is 0 Å². The van der Waals surface area contributed by atoms with Gasteiger partial charge in [0.05, 0.1) is 30.6 Å². The van der Waals surface area contributed by atoms with Crippen molar-refractivity contribution in [1.29, 1.82) is 0 Å². The summed E-state index contributed by atoms with van der Waals surface area (Å²) in [7, 11) is 1.37. The van der Waals surface area contributed by atoms with E-state index in [1.54, 1.807) is 21.5 Å². The van der Waals surface area contributed by atoms with Crippen molar-refractivity contribution in [2.45, 2.75) is 18.9 Å². The molecule has 2 aliphatic rings. The summed E-state index contributed by atoms with van der Waals surface area (Å²) in [6.07, 6.45) is 4.73. The minimum atomic E-state index is -0.381. The van der Waals surface area contributed by atoms with Crippen LogP contribution in [0.5, 0.6) is 0 Å². The van der Waals surface area contributed by atoms with E-state index in [1.165, 1.54) is 13.4 Å². The summed E-state index contributed by atoms with van der Waals surface area (Å²) in [5, 5.41) is 15.4. The summed E-state index contributed by atoms with van der Waals surface area (Å²) >= 11 is 0. The fourth-order valence-corrected chi connectivity index (χ4v) is 5.30. The van der Waals surface area contributed by atoms with Crippen molar-refractivity contribution in [3.63, 3.8) is 0 Å². The molecule has 6 rings (SSSR count). The van der Waals surface area contributed by atoms with Gasteiger partial charge >= 0.3 is 6.09 Å². The predicted molar refractivity (Wildman–Crippen MR) is 143 cm³/mol. The second-order valence-corrected chi connectivity index (χ2v) is 9.54. The lowest BCUT2D eigenvalue weighted by atomic mass is 10.0. The standard InChI is InChI=1S/C25H28N10O3/c1-38-25(37)34-8-6-14(11-34)19-10-20(22-23(27)28-13-29-35(19)22)33-7-2-3-16(12-33)30-24(36)21-17-9-15(26)4-5-18(17)31-32-21/h4-6,9-10,13,16H,2-3,7-8,11-12,26H2,1H3,(H,30,36)(H,31,32)(H2,27,28,29)/t16-/m1/s1. The normalized spacial score (nSPS) is 17.7. The van der Waals surface area contributed by atoms with Crippen LogP contribution in [0.2, 0.25) is 0 Å². The highest BCUT2D eigenvalue weighted by atomic mass is 16.5. The lowest BCUT2D eigenvalue weighted by Crippen LogP contribution is -2.48. The van der Waals surface area contributed by atoms with Crippen LogP contribution < -0.4 is 21.7 Å². The zero-order chi connectivity index (χ0) is 26.4. The van der Waals surface area contributed by atoms with E-state index in [1.807, 2.05) is 18.2 Å². The van der Waals surface area contributed by atoms with Crippen molar-refractivity contribution in [1.82, 2.24) is 35.0 Å². The number of aromatic nitrogens is 5. The molecule has 0 bridgehead atoms. The number of carbonyl (C=O) groups excluding carboxylic acids is 2. The number of methoxy groups -OCH3 is 1. The van der Waals surface area contributed by atoms with Gasteiger partial charge < -0.3 is 31.3 Å². The summed E-state index contributed by atoms with van der Waals surface area (Å²) in [4.78, 5) is 33.2. The molecule has 13 heteroatoms. The molecule has 196 valence electrons. The number of nitrogens with two attached hydrogens (primary N) is 2. The first kappa shape index (κ1) is 23.6. The molecule has 0 saturated carbocycles. The Morgan fingerprint density at radius 1 is 1.24 bits per heavy atom. The van der Waals surface area contributed by atoms with E-state index in [-0.39, 0.29) is 18.0 Å². The Hall–Kier alpha value is -4.81. The van der Waals surface area contributed by atoms with Crippen LogP contribution in [-0.2, 0) is 4.74 Å². The number of hydrogen-bond acceptors (Lipinski definition) is 9. The lowest BCUT2D eigenvalue weighted by molar-refractivity contribution is 0.0929. The average molecular weight is 517 g/mol. The van der Waals surface area contributed by atoms with Crippen LogP contribution in [0.3, 0.4) is 0 Å². The molecule has 0 spiro atoms. The molecule has 1 saturated heterocycles. The van der Waals surface area contributed by atoms with E-state index < -0.39 is 0 Å². The molecular weight excluding hydrogens is 488 g/mol. The first-order valence-corrected chi connectivity index (χ1v) is 12.4. The summed E-state index contributed by atoms with van der Waals surface area (Å²) in [6.45, 7) is 2.23. The number of nitrogen functional groups attached to an aromatic ring is 2. The summed E-state index contributed by atoms with van der Waals surface area (Å²) < 4.78 is 6.64. The van der Waals surface area contributed by atoms with Gasteiger partial charge in [0, 0.05) is 36.7 Å². The van der Waals surface area contributed by atoms with Crippen LogP contribution in [0.4, 0.5) is 22.0 Å². The van der Waals surface area contributed by atoms with Crippen LogP contribution in [0.25, 0.3) is 22.0 Å². The van der Waals surface area contributed by atoms with E-state index in [0.29, 0.717) is 47.7 Å². The number of carbonyl (C=O) groups is 2. The topological polar surface area (TPSA) is 173 Å². The SMILES string of the molecule is COC(=O)N1CC=C(c2cc(N3CCC[C@@H](NC(=O)c4n[nH]c5ccc(N)cc45)C3)c3c(N)ncnn23)C1. The highest BCUT2D eigenvalue weighted by Gasteiger charge is 2.29. The first-order valence-electron chi connectivity index (χ1n) is 12.4. The van der Waals surface area contributed by atoms with Crippen molar-refractivity contribution in [3.8, 4) is 0 Å². The molecule has 0 aliphatic carbocycles. The Balaban J connectivity index is 1.26. The number of aromatic amines is 1. The van der Waals surface area contributed by atoms with Gasteiger partial charge in [0.1, 0.15) is 11.8 Å². The third kappa shape index (κ3) is 4.01. The molecule has 6 N–H and O–H groups in total. The molecule has 0 radical (unpaired) electrons. The van der Waals surface area contributed by atoms with E-state index in [4.69, 9.17) is 16.2 Å². The minimum Gasteiger partial charge on any atom is -0.453 e. The summed E-state index contributed by atoms with van der Waals surface area (Å²) in [6, 6.07) is 7.25. The lowest BCUT2D eigenvalue weighted by Gasteiger charge is -2.34. The zero-order valence-electron chi connectivity index (χ0n) is 20.8. The van der Waals surface area contributed by atoms with Crippen molar-refractivity contribution in [2.75, 3.05) is 49.7 Å². The minimum absolute atomic E-state index is 0.103. The fourth-order valence-electron chi connectivity index (χ4n) is 5.30. The predicted octanol–water partition coefficient (Wildman–Crippen LogP) is 1.63. The number of benzene rings is 1. The number of anilines is 3. The molecule has 38 heavy (non-hydrogen) atoms. The van der Waals surface area contributed by atoms with Crippen LogP contribution >= 0.6 is 0 Å². The molecule has 2 aliphatic heterocycles. The Labute approximate surface area is 217 Å². The number of nitrogens with zero attached hydrogens (tertiary/aromatic N) is 6. The number of hydrogen-bond donors (Lipinski definition) is 4. The second kappa shape index (κ2) is 9.25. The smallest absolute Gasteiger partial charge is 0.410 e. The maximum absolute atomic E-state index is 13.2. The fraction of sp³-hybridized carbons (Fsp3) is 0.320. The molecule has 3 aromatic heterocycles. The molecule has 1 fully saturated rings. The number of ether oxygens (including phenoxy) is 1. The van der Waals surface area contributed by atoms with Crippen LogP contribution in [0.1, 0.15) is 29.0 Å². The number of nitrogens with one attached hydrogen (secondary N) is 2. The monoisotopic (exact) mass is 516 g/mol. The Bertz CT molecular complexity index is 1590. The van der Waals surface area contributed by atoms with Gasteiger partial charge in [-0.3, -0.25) is 9.89 Å². The first-order chi connectivity index (χ1) is 18.4. The maximum Gasteiger partial charge on any atom is 0.410 e. The van der Waals surface area contributed by atoms with Gasteiger partial charge in [-0.2, -0.15) is 10.2 Å². The van der Waals surface area contributed by atoms with Crippen molar-refractivity contribution < 1.29 is 14.3 Å². The maximum atomic E-state index is 13.2. The third-order valence-corrected chi connectivity index (χ3v) is 7.14. The quantitative estimate of drug-likeness (QED) is 0.294. The van der Waals surface area contributed by atoms with Gasteiger partial charge in [-0.15, -0.1) is 0 Å². The number of H-pyrrole nitrogens is 1. The Morgan fingerprint density at radius 3 is 2.95 bits per heavy atom. The van der Waals surface area contributed by atoms with Gasteiger partial charge in [0.15, 0.2) is 11.5 Å². The Morgan fingerprint density at radius 2 is 2.11 bits per heavy atom.